The number of fused-ring (bicyclic) bond motifs is 3. The van der Waals surface area contributed by atoms with Gasteiger partial charge in [0.15, 0.2) is 0 Å². The Labute approximate surface area is 171 Å². The fraction of sp³-hybridized carbons (Fsp3) is 0.231. The number of aromatic amines is 1. The van der Waals surface area contributed by atoms with Crippen molar-refractivity contribution in [3.05, 3.63) is 89.6 Å². The summed E-state index contributed by atoms with van der Waals surface area (Å²) in [4.78, 5) is 3.68. The smallest absolute Gasteiger partial charge is 0.119 e. The Morgan fingerprint density at radius 3 is 2.69 bits per heavy atom. The summed E-state index contributed by atoms with van der Waals surface area (Å²) in [7, 11) is 1.71. The van der Waals surface area contributed by atoms with Gasteiger partial charge in [0, 0.05) is 16.6 Å². The highest BCUT2D eigenvalue weighted by molar-refractivity contribution is 5.99. The molecule has 0 bridgehead atoms. The highest BCUT2D eigenvalue weighted by Gasteiger charge is 2.26. The zero-order chi connectivity index (χ0) is 19.6. The van der Waals surface area contributed by atoms with E-state index in [1.807, 2.05) is 12.1 Å². The molecule has 3 aromatic carbocycles. The highest BCUT2D eigenvalue weighted by atomic mass is 16.5. The quantitative estimate of drug-likeness (QED) is 0.430. The van der Waals surface area contributed by atoms with Crippen LogP contribution >= 0.6 is 0 Å². The van der Waals surface area contributed by atoms with Crippen LogP contribution in [0.4, 0.5) is 0 Å². The molecule has 0 spiro atoms. The summed E-state index contributed by atoms with van der Waals surface area (Å²) in [5, 5.41) is 1.32. The molecule has 3 heteroatoms. The Morgan fingerprint density at radius 1 is 0.966 bits per heavy atom. The first-order valence-corrected chi connectivity index (χ1v) is 10.3. The standard InChI is InChI=1S/C26H25NO2/c1-28-20-11-5-10-19(16-20)21-12-6-14-23-25(21)22-13-7-15-24(26(22)27-23)29-17-18-8-3-2-4-9-18/h2-6,8-12,14,16,24,27H,7,13,15,17H2,1H3. The predicted molar refractivity (Wildman–Crippen MR) is 117 cm³/mol. The van der Waals surface area contributed by atoms with E-state index < -0.39 is 0 Å². The third kappa shape index (κ3) is 3.43. The van der Waals surface area contributed by atoms with Gasteiger partial charge in [0.05, 0.1) is 19.8 Å². The average Bonchev–Trinajstić information content (AvgIpc) is 3.18. The van der Waals surface area contributed by atoms with E-state index >= 15 is 0 Å². The third-order valence-electron chi connectivity index (χ3n) is 5.85. The zero-order valence-electron chi connectivity index (χ0n) is 16.7. The van der Waals surface area contributed by atoms with Crippen molar-refractivity contribution in [1.82, 2.24) is 4.98 Å². The highest BCUT2D eigenvalue weighted by Crippen LogP contribution is 2.41. The van der Waals surface area contributed by atoms with E-state index in [9.17, 15) is 0 Å². The third-order valence-corrected chi connectivity index (χ3v) is 5.85. The molecule has 1 aliphatic carbocycles. The van der Waals surface area contributed by atoms with Gasteiger partial charge in [0.2, 0.25) is 0 Å². The van der Waals surface area contributed by atoms with Crippen molar-refractivity contribution in [2.24, 2.45) is 0 Å². The Kier molecular flexibility index (Phi) is 4.82. The minimum atomic E-state index is 0.115. The van der Waals surface area contributed by atoms with Crippen molar-refractivity contribution in [3.63, 3.8) is 0 Å². The second-order valence-corrected chi connectivity index (χ2v) is 7.65. The summed E-state index contributed by atoms with van der Waals surface area (Å²) in [5.41, 5.74) is 7.49. The van der Waals surface area contributed by atoms with Gasteiger partial charge in [-0.2, -0.15) is 0 Å². The van der Waals surface area contributed by atoms with Crippen LogP contribution in [0.15, 0.2) is 72.8 Å². The second kappa shape index (κ2) is 7.76. The van der Waals surface area contributed by atoms with Gasteiger partial charge in [-0.1, -0.05) is 54.6 Å². The lowest BCUT2D eigenvalue weighted by molar-refractivity contribution is 0.0260. The van der Waals surface area contributed by atoms with E-state index in [1.165, 1.54) is 38.9 Å². The van der Waals surface area contributed by atoms with Gasteiger partial charge in [-0.05, 0) is 59.7 Å². The molecule has 0 amide bonds. The Hall–Kier alpha value is -3.04. The SMILES string of the molecule is COc1cccc(-c2cccc3[nH]c4c(c23)CCCC4OCc2ccccc2)c1. The van der Waals surface area contributed by atoms with Crippen LogP contribution < -0.4 is 4.74 Å². The summed E-state index contributed by atoms with van der Waals surface area (Å²) in [6.45, 7) is 0.642. The molecule has 5 rings (SSSR count). The number of H-pyrrole nitrogens is 1. The maximum absolute atomic E-state index is 6.36. The molecular weight excluding hydrogens is 358 g/mol. The number of aromatic nitrogens is 1. The van der Waals surface area contributed by atoms with Crippen LogP contribution in [0.25, 0.3) is 22.0 Å². The molecule has 0 aliphatic heterocycles. The predicted octanol–water partition coefficient (Wildman–Crippen LogP) is 6.44. The van der Waals surface area contributed by atoms with Crippen LogP contribution in [-0.2, 0) is 17.8 Å². The molecule has 1 N–H and O–H groups in total. The van der Waals surface area contributed by atoms with Gasteiger partial charge in [-0.3, -0.25) is 0 Å². The van der Waals surface area contributed by atoms with Crippen LogP contribution in [0.1, 0.15) is 35.8 Å². The van der Waals surface area contributed by atoms with Crippen molar-refractivity contribution < 1.29 is 9.47 Å². The van der Waals surface area contributed by atoms with Gasteiger partial charge in [0.25, 0.3) is 0 Å². The van der Waals surface area contributed by atoms with Crippen molar-refractivity contribution >= 4 is 10.9 Å². The second-order valence-electron chi connectivity index (χ2n) is 7.65. The Morgan fingerprint density at radius 2 is 1.83 bits per heavy atom. The lowest BCUT2D eigenvalue weighted by Gasteiger charge is -2.23. The lowest BCUT2D eigenvalue weighted by atomic mass is 9.90. The normalized spacial score (nSPS) is 16.0. The van der Waals surface area contributed by atoms with Gasteiger partial charge < -0.3 is 14.5 Å². The van der Waals surface area contributed by atoms with Crippen LogP contribution in [0, 0.1) is 0 Å². The number of aryl methyl sites for hydroxylation is 1. The molecule has 3 nitrogen and oxygen atoms in total. The van der Waals surface area contributed by atoms with Crippen molar-refractivity contribution in [2.75, 3.05) is 7.11 Å². The molecule has 1 aliphatic rings. The first-order valence-electron chi connectivity index (χ1n) is 10.3. The average molecular weight is 383 g/mol. The van der Waals surface area contributed by atoms with Crippen LogP contribution in [0.3, 0.4) is 0 Å². The largest absolute Gasteiger partial charge is 0.497 e. The molecular formula is C26H25NO2. The van der Waals surface area contributed by atoms with E-state index in [0.717, 1.165) is 25.0 Å². The monoisotopic (exact) mass is 383 g/mol. The number of benzene rings is 3. The summed E-state index contributed by atoms with van der Waals surface area (Å²) in [5.74, 6) is 0.882. The Bertz CT molecular complexity index is 1130. The summed E-state index contributed by atoms with van der Waals surface area (Å²) >= 11 is 0. The number of methoxy groups -OCH3 is 1. The Balaban J connectivity index is 1.54. The van der Waals surface area contributed by atoms with Crippen LogP contribution in [0.2, 0.25) is 0 Å². The summed E-state index contributed by atoms with van der Waals surface area (Å²) in [6.07, 6.45) is 3.40. The van der Waals surface area contributed by atoms with Gasteiger partial charge in [0.1, 0.15) is 5.75 Å². The molecule has 1 heterocycles. The number of nitrogens with one attached hydrogen (secondary N) is 1. The summed E-state index contributed by atoms with van der Waals surface area (Å²) < 4.78 is 11.8. The number of rotatable bonds is 5. The van der Waals surface area contributed by atoms with Crippen LogP contribution in [-0.4, -0.2) is 12.1 Å². The van der Waals surface area contributed by atoms with E-state index in [1.54, 1.807) is 7.11 Å². The fourth-order valence-electron chi connectivity index (χ4n) is 4.45. The van der Waals surface area contributed by atoms with Crippen molar-refractivity contribution in [2.45, 2.75) is 32.0 Å². The molecule has 0 fully saturated rings. The number of hydrogen-bond donors (Lipinski definition) is 1. The van der Waals surface area contributed by atoms with Crippen molar-refractivity contribution in [1.29, 1.82) is 0 Å². The van der Waals surface area contributed by atoms with Crippen LogP contribution in [0.5, 0.6) is 5.75 Å². The minimum absolute atomic E-state index is 0.115. The topological polar surface area (TPSA) is 34.2 Å². The zero-order valence-corrected chi connectivity index (χ0v) is 16.7. The fourth-order valence-corrected chi connectivity index (χ4v) is 4.45. The molecule has 0 saturated heterocycles. The first kappa shape index (κ1) is 18.0. The number of ether oxygens (including phenoxy) is 2. The summed E-state index contributed by atoms with van der Waals surface area (Å²) in [6, 6.07) is 25.2. The molecule has 29 heavy (non-hydrogen) atoms. The van der Waals surface area contributed by atoms with Gasteiger partial charge in [-0.15, -0.1) is 0 Å². The maximum atomic E-state index is 6.36. The molecule has 1 aromatic heterocycles. The molecule has 1 atom stereocenters. The van der Waals surface area contributed by atoms with Crippen molar-refractivity contribution in [3.8, 4) is 16.9 Å². The molecule has 146 valence electrons. The minimum Gasteiger partial charge on any atom is -0.497 e. The molecule has 0 radical (unpaired) electrons. The van der Waals surface area contributed by atoms with Gasteiger partial charge >= 0.3 is 0 Å². The van der Waals surface area contributed by atoms with E-state index in [2.05, 4.69) is 65.6 Å². The van der Waals surface area contributed by atoms with Gasteiger partial charge in [-0.25, -0.2) is 0 Å². The lowest BCUT2D eigenvalue weighted by Crippen LogP contribution is -2.12. The maximum Gasteiger partial charge on any atom is 0.119 e. The molecule has 1 unspecified atom stereocenters. The number of hydrogen-bond acceptors (Lipinski definition) is 2. The molecule has 0 saturated carbocycles. The molecule has 4 aromatic rings. The van der Waals surface area contributed by atoms with E-state index in [0.29, 0.717) is 6.61 Å². The first-order chi connectivity index (χ1) is 14.3. The van der Waals surface area contributed by atoms with E-state index in [-0.39, 0.29) is 6.10 Å². The van der Waals surface area contributed by atoms with E-state index in [4.69, 9.17) is 9.47 Å².